The number of aromatic nitrogens is 3. The van der Waals surface area contributed by atoms with E-state index in [2.05, 4.69) is 19.9 Å². The Morgan fingerprint density at radius 3 is 2.67 bits per heavy atom. The second-order valence-corrected chi connectivity index (χ2v) is 5.05. The number of nitrogens with one attached hydrogen (secondary N) is 1. The van der Waals surface area contributed by atoms with Gasteiger partial charge in [-0.2, -0.15) is 13.5 Å². The van der Waals surface area contributed by atoms with E-state index in [0.717, 1.165) is 5.56 Å². The average molecular weight is 265 g/mol. The van der Waals surface area contributed by atoms with Gasteiger partial charge in [0, 0.05) is 18.9 Å². The molecule has 2 heterocycles. The Balaban J connectivity index is 2.25. The molecule has 3 N–H and O–H groups in total. The van der Waals surface area contributed by atoms with E-state index in [9.17, 15) is 8.42 Å². The van der Waals surface area contributed by atoms with E-state index in [1.54, 1.807) is 12.1 Å². The average Bonchev–Trinajstić information content (AvgIpc) is 2.39. The van der Waals surface area contributed by atoms with Crippen molar-refractivity contribution in [2.24, 2.45) is 5.73 Å². The van der Waals surface area contributed by atoms with Crippen molar-refractivity contribution in [2.45, 2.75) is 11.6 Å². The topological polar surface area (TPSA) is 111 Å². The fraction of sp³-hybridized carbons (Fsp3) is 0.100. The van der Waals surface area contributed by atoms with Gasteiger partial charge >= 0.3 is 0 Å². The smallest absolute Gasteiger partial charge is 0.280 e. The first-order valence-electron chi connectivity index (χ1n) is 5.07. The van der Waals surface area contributed by atoms with Crippen LogP contribution in [-0.2, 0) is 16.6 Å². The number of nitrogens with two attached hydrogens (primary N) is 1. The quantitative estimate of drug-likeness (QED) is 0.813. The monoisotopic (exact) mass is 265 g/mol. The molecule has 0 aliphatic carbocycles. The highest BCUT2D eigenvalue weighted by atomic mass is 32.2. The lowest BCUT2D eigenvalue weighted by molar-refractivity contribution is 0.597. The summed E-state index contributed by atoms with van der Waals surface area (Å²) in [5, 5.41) is 7.12. The lowest BCUT2D eigenvalue weighted by atomic mass is 10.3. The van der Waals surface area contributed by atoms with Crippen LogP contribution in [0.15, 0.2) is 41.7 Å². The summed E-state index contributed by atoms with van der Waals surface area (Å²) < 4.78 is 26.1. The molecule has 0 radical (unpaired) electrons. The Hall–Kier alpha value is -2.06. The standard InChI is InChI=1S/C10H11N5O2S/c11-6-8-3-4-10(12-7-8)18(16,17)15-9-2-1-5-13-14-9/h1-5,7H,6,11H2,(H,14,15). The van der Waals surface area contributed by atoms with Crippen molar-refractivity contribution in [1.82, 2.24) is 15.2 Å². The predicted molar refractivity (Wildman–Crippen MR) is 65.0 cm³/mol. The van der Waals surface area contributed by atoms with E-state index in [1.165, 1.54) is 24.5 Å². The summed E-state index contributed by atoms with van der Waals surface area (Å²) in [5.41, 5.74) is 6.17. The fourth-order valence-electron chi connectivity index (χ4n) is 1.24. The molecule has 0 spiro atoms. The van der Waals surface area contributed by atoms with Crippen molar-refractivity contribution in [3.63, 3.8) is 0 Å². The number of rotatable bonds is 4. The molecule has 18 heavy (non-hydrogen) atoms. The molecular formula is C10H11N5O2S. The lowest BCUT2D eigenvalue weighted by Gasteiger charge is -2.05. The number of nitrogens with zero attached hydrogens (tertiary/aromatic N) is 3. The molecular weight excluding hydrogens is 254 g/mol. The third-order valence-corrected chi connectivity index (χ3v) is 3.39. The van der Waals surface area contributed by atoms with Crippen LogP contribution in [0.1, 0.15) is 5.56 Å². The Labute approximate surface area is 104 Å². The van der Waals surface area contributed by atoms with E-state index in [-0.39, 0.29) is 10.8 Å². The Bertz CT molecular complexity index is 612. The number of hydrogen-bond acceptors (Lipinski definition) is 6. The molecule has 7 nitrogen and oxygen atoms in total. The van der Waals surface area contributed by atoms with Crippen molar-refractivity contribution in [1.29, 1.82) is 0 Å². The first-order chi connectivity index (χ1) is 8.62. The van der Waals surface area contributed by atoms with Gasteiger partial charge in [-0.25, -0.2) is 4.98 Å². The summed E-state index contributed by atoms with van der Waals surface area (Å²) in [7, 11) is -3.74. The molecule has 0 aliphatic rings. The lowest BCUT2D eigenvalue weighted by Crippen LogP contribution is -2.15. The third kappa shape index (κ3) is 2.79. The van der Waals surface area contributed by atoms with E-state index in [1.807, 2.05) is 0 Å². The highest BCUT2D eigenvalue weighted by Gasteiger charge is 2.16. The van der Waals surface area contributed by atoms with Gasteiger partial charge in [-0.15, -0.1) is 5.10 Å². The van der Waals surface area contributed by atoms with Gasteiger partial charge in [0.2, 0.25) is 0 Å². The van der Waals surface area contributed by atoms with E-state index in [4.69, 9.17) is 5.73 Å². The van der Waals surface area contributed by atoms with Crippen molar-refractivity contribution in [3.05, 3.63) is 42.2 Å². The summed E-state index contributed by atoms with van der Waals surface area (Å²) in [6.45, 7) is 0.310. The largest absolute Gasteiger partial charge is 0.326 e. The molecule has 8 heteroatoms. The first-order valence-corrected chi connectivity index (χ1v) is 6.55. The van der Waals surface area contributed by atoms with Gasteiger partial charge in [-0.3, -0.25) is 4.72 Å². The summed E-state index contributed by atoms with van der Waals surface area (Å²) in [4.78, 5) is 3.84. The Morgan fingerprint density at radius 2 is 2.11 bits per heavy atom. The second kappa shape index (κ2) is 5.07. The molecule has 0 aromatic carbocycles. The highest BCUT2D eigenvalue weighted by molar-refractivity contribution is 7.92. The van der Waals surface area contributed by atoms with Gasteiger partial charge in [-0.05, 0) is 23.8 Å². The summed E-state index contributed by atoms with van der Waals surface area (Å²) >= 11 is 0. The minimum Gasteiger partial charge on any atom is -0.326 e. The molecule has 0 amide bonds. The van der Waals surface area contributed by atoms with E-state index < -0.39 is 10.0 Å². The fourth-order valence-corrected chi connectivity index (χ4v) is 2.16. The van der Waals surface area contributed by atoms with Crippen LogP contribution in [-0.4, -0.2) is 23.6 Å². The minimum absolute atomic E-state index is 0.0923. The molecule has 2 aromatic rings. The van der Waals surface area contributed by atoms with Crippen LogP contribution in [0.4, 0.5) is 5.82 Å². The zero-order valence-electron chi connectivity index (χ0n) is 9.31. The maximum atomic E-state index is 11.9. The van der Waals surface area contributed by atoms with Gasteiger partial charge in [0.25, 0.3) is 10.0 Å². The molecule has 0 fully saturated rings. The van der Waals surface area contributed by atoms with Gasteiger partial charge in [0.15, 0.2) is 10.8 Å². The summed E-state index contributed by atoms with van der Waals surface area (Å²) in [6, 6.07) is 6.08. The number of pyridine rings is 1. The molecule has 2 aromatic heterocycles. The van der Waals surface area contributed by atoms with Crippen molar-refractivity contribution in [3.8, 4) is 0 Å². The van der Waals surface area contributed by atoms with Crippen molar-refractivity contribution in [2.75, 3.05) is 4.72 Å². The summed E-state index contributed by atoms with van der Waals surface area (Å²) in [5.74, 6) is 0.141. The molecule has 94 valence electrons. The maximum absolute atomic E-state index is 11.9. The van der Waals surface area contributed by atoms with Crippen molar-refractivity contribution >= 4 is 15.8 Å². The Morgan fingerprint density at radius 1 is 1.28 bits per heavy atom. The van der Waals surface area contributed by atoms with Crippen LogP contribution in [0.2, 0.25) is 0 Å². The van der Waals surface area contributed by atoms with Crippen LogP contribution < -0.4 is 10.5 Å². The number of sulfonamides is 1. The summed E-state index contributed by atoms with van der Waals surface area (Å²) in [6.07, 6.45) is 2.87. The van der Waals surface area contributed by atoms with E-state index >= 15 is 0 Å². The van der Waals surface area contributed by atoms with Crippen LogP contribution in [0.25, 0.3) is 0 Å². The maximum Gasteiger partial charge on any atom is 0.280 e. The molecule has 0 atom stereocenters. The molecule has 0 saturated heterocycles. The molecule has 0 unspecified atom stereocenters. The van der Waals surface area contributed by atoms with E-state index in [0.29, 0.717) is 6.54 Å². The second-order valence-electron chi connectivity index (χ2n) is 3.42. The van der Waals surface area contributed by atoms with Gasteiger partial charge < -0.3 is 5.73 Å². The third-order valence-electron chi connectivity index (χ3n) is 2.12. The molecule has 2 rings (SSSR count). The van der Waals surface area contributed by atoms with Crippen LogP contribution in [0.5, 0.6) is 0 Å². The van der Waals surface area contributed by atoms with Gasteiger partial charge in [0.05, 0.1) is 0 Å². The minimum atomic E-state index is -3.74. The number of hydrogen-bond donors (Lipinski definition) is 2. The van der Waals surface area contributed by atoms with Crippen LogP contribution in [0, 0.1) is 0 Å². The Kier molecular flexibility index (Phi) is 3.49. The van der Waals surface area contributed by atoms with Gasteiger partial charge in [0.1, 0.15) is 0 Å². The molecule has 0 aliphatic heterocycles. The zero-order valence-corrected chi connectivity index (χ0v) is 10.1. The zero-order chi connectivity index (χ0) is 13.0. The normalized spacial score (nSPS) is 11.2. The van der Waals surface area contributed by atoms with Crippen molar-refractivity contribution < 1.29 is 8.42 Å². The SMILES string of the molecule is NCc1ccc(S(=O)(=O)Nc2cccnn2)nc1. The predicted octanol–water partition coefficient (Wildman–Crippen LogP) is 0.131. The first kappa shape index (κ1) is 12.4. The van der Waals surface area contributed by atoms with Gasteiger partial charge in [-0.1, -0.05) is 6.07 Å². The molecule has 0 saturated carbocycles. The van der Waals surface area contributed by atoms with Crippen LogP contribution >= 0.6 is 0 Å². The van der Waals surface area contributed by atoms with Crippen LogP contribution in [0.3, 0.4) is 0 Å². The number of anilines is 1. The highest BCUT2D eigenvalue weighted by Crippen LogP contribution is 2.11. The molecule has 0 bridgehead atoms.